The molecule has 6 nitrogen and oxygen atoms in total. The summed E-state index contributed by atoms with van der Waals surface area (Å²) in [6.45, 7) is 4.85. The summed E-state index contributed by atoms with van der Waals surface area (Å²) in [5, 5.41) is 23.1. The molecule has 0 rings (SSSR count). The van der Waals surface area contributed by atoms with E-state index in [4.69, 9.17) is 4.74 Å². The molecule has 0 aromatic carbocycles. The SMILES string of the molecule is CCCC/C=C\CCCCCCCC(=O)OCCCCCCCCCCCCCCCCC(=O)NC(CO)C(O)/C=C/CCCCCCCCCCCCCCCCCC. The number of hydrogen-bond acceptors (Lipinski definition) is 5. The lowest BCUT2D eigenvalue weighted by atomic mass is 10.0. The maximum absolute atomic E-state index is 12.4. The molecule has 6 heteroatoms. The summed E-state index contributed by atoms with van der Waals surface area (Å²) in [6.07, 6.45) is 58.9. The van der Waals surface area contributed by atoms with E-state index in [0.29, 0.717) is 19.4 Å². The highest BCUT2D eigenvalue weighted by atomic mass is 16.5. The average Bonchev–Trinajstić information content (AvgIpc) is 3.25. The van der Waals surface area contributed by atoms with Gasteiger partial charge < -0.3 is 20.3 Å². The van der Waals surface area contributed by atoms with Crippen molar-refractivity contribution in [2.45, 2.75) is 296 Å². The van der Waals surface area contributed by atoms with Crippen molar-refractivity contribution < 1.29 is 24.5 Å². The third kappa shape index (κ3) is 45.9. The molecule has 2 atom stereocenters. The van der Waals surface area contributed by atoms with Crippen LogP contribution >= 0.6 is 0 Å². The lowest BCUT2D eigenvalue weighted by Crippen LogP contribution is -2.45. The van der Waals surface area contributed by atoms with Gasteiger partial charge in [-0.15, -0.1) is 0 Å². The minimum absolute atomic E-state index is 0.0145. The Balaban J connectivity index is 3.49. The first kappa shape index (κ1) is 58.3. The van der Waals surface area contributed by atoms with E-state index < -0.39 is 12.1 Å². The maximum Gasteiger partial charge on any atom is 0.305 e. The fraction of sp³-hybridized carbons (Fsp3) is 0.889. The van der Waals surface area contributed by atoms with Gasteiger partial charge in [-0.1, -0.05) is 244 Å². The zero-order valence-electron chi connectivity index (χ0n) is 40.2. The van der Waals surface area contributed by atoms with Crippen LogP contribution < -0.4 is 5.32 Å². The number of unbranched alkanes of at least 4 members (excludes halogenated alkanes) is 36. The number of aliphatic hydroxyl groups is 2. The van der Waals surface area contributed by atoms with Gasteiger partial charge in [-0.05, 0) is 51.4 Å². The molecule has 2 unspecified atom stereocenters. The molecule has 0 aliphatic heterocycles. The van der Waals surface area contributed by atoms with E-state index in [-0.39, 0.29) is 18.5 Å². The minimum atomic E-state index is -0.851. The van der Waals surface area contributed by atoms with Gasteiger partial charge in [-0.2, -0.15) is 0 Å². The number of amides is 1. The number of nitrogens with one attached hydrogen (secondary N) is 1. The third-order valence-electron chi connectivity index (χ3n) is 12.2. The van der Waals surface area contributed by atoms with Gasteiger partial charge in [0, 0.05) is 12.8 Å². The summed E-state index contributed by atoms with van der Waals surface area (Å²) in [5.41, 5.74) is 0. The summed E-state index contributed by atoms with van der Waals surface area (Å²) in [6, 6.07) is -0.636. The Bertz CT molecular complexity index is 935. The summed E-state index contributed by atoms with van der Waals surface area (Å²) in [4.78, 5) is 24.4. The van der Waals surface area contributed by atoms with E-state index in [0.717, 1.165) is 57.8 Å². The Morgan fingerprint density at radius 3 is 1.23 bits per heavy atom. The Kier molecular flexibility index (Phi) is 48.6. The molecule has 0 spiro atoms. The largest absolute Gasteiger partial charge is 0.466 e. The molecule has 354 valence electrons. The molecule has 3 N–H and O–H groups in total. The van der Waals surface area contributed by atoms with Crippen LogP contribution in [0.25, 0.3) is 0 Å². The first-order chi connectivity index (χ1) is 29.5. The van der Waals surface area contributed by atoms with Crippen molar-refractivity contribution >= 4 is 11.9 Å². The van der Waals surface area contributed by atoms with Crippen LogP contribution in [0.5, 0.6) is 0 Å². The van der Waals surface area contributed by atoms with Crippen LogP contribution in [0, 0.1) is 0 Å². The molecule has 1 amide bonds. The molecule has 0 aliphatic carbocycles. The zero-order chi connectivity index (χ0) is 43.7. The highest BCUT2D eigenvalue weighted by Crippen LogP contribution is 2.16. The molecule has 0 radical (unpaired) electrons. The second-order valence-corrected chi connectivity index (χ2v) is 18.2. The van der Waals surface area contributed by atoms with Gasteiger partial charge in [-0.3, -0.25) is 9.59 Å². The van der Waals surface area contributed by atoms with Gasteiger partial charge in [0.15, 0.2) is 0 Å². The molecular weight excluding hydrogens is 743 g/mol. The van der Waals surface area contributed by atoms with Gasteiger partial charge >= 0.3 is 5.97 Å². The molecule has 0 heterocycles. The number of carbonyl (C=O) groups excluding carboxylic acids is 2. The molecular formula is C54H103NO5. The molecule has 0 saturated carbocycles. The summed E-state index contributed by atoms with van der Waals surface area (Å²) in [5.74, 6) is -0.0920. The molecule has 0 bridgehead atoms. The van der Waals surface area contributed by atoms with E-state index in [1.807, 2.05) is 6.08 Å². The van der Waals surface area contributed by atoms with Crippen molar-refractivity contribution in [3.8, 4) is 0 Å². The Labute approximate surface area is 373 Å². The zero-order valence-corrected chi connectivity index (χ0v) is 40.2. The monoisotopic (exact) mass is 846 g/mol. The summed E-state index contributed by atoms with van der Waals surface area (Å²) < 4.78 is 5.44. The van der Waals surface area contributed by atoms with Crippen molar-refractivity contribution in [1.82, 2.24) is 5.32 Å². The van der Waals surface area contributed by atoms with E-state index in [9.17, 15) is 19.8 Å². The van der Waals surface area contributed by atoms with Crippen molar-refractivity contribution in [2.75, 3.05) is 13.2 Å². The van der Waals surface area contributed by atoms with Gasteiger partial charge in [0.2, 0.25) is 5.91 Å². The van der Waals surface area contributed by atoms with Crippen molar-refractivity contribution in [2.24, 2.45) is 0 Å². The second-order valence-electron chi connectivity index (χ2n) is 18.2. The van der Waals surface area contributed by atoms with E-state index >= 15 is 0 Å². The molecule has 0 aromatic rings. The number of allylic oxidation sites excluding steroid dienone is 3. The number of hydrogen-bond donors (Lipinski definition) is 3. The van der Waals surface area contributed by atoms with Crippen LogP contribution in [0.1, 0.15) is 284 Å². The second kappa shape index (κ2) is 50.0. The number of esters is 1. The van der Waals surface area contributed by atoms with Crippen molar-refractivity contribution in [3.63, 3.8) is 0 Å². The topological polar surface area (TPSA) is 95.9 Å². The number of ether oxygens (including phenoxy) is 1. The lowest BCUT2D eigenvalue weighted by molar-refractivity contribution is -0.143. The third-order valence-corrected chi connectivity index (χ3v) is 12.2. The van der Waals surface area contributed by atoms with E-state index in [1.165, 1.54) is 199 Å². The smallest absolute Gasteiger partial charge is 0.305 e. The van der Waals surface area contributed by atoms with Crippen LogP contribution in [-0.4, -0.2) is 47.4 Å². The van der Waals surface area contributed by atoms with E-state index in [2.05, 4.69) is 31.3 Å². The highest BCUT2D eigenvalue weighted by molar-refractivity contribution is 5.76. The predicted octanol–water partition coefficient (Wildman–Crippen LogP) is 15.9. The first-order valence-electron chi connectivity index (χ1n) is 26.6. The highest BCUT2D eigenvalue weighted by Gasteiger charge is 2.18. The normalized spacial score (nSPS) is 12.8. The van der Waals surface area contributed by atoms with Crippen LogP contribution in [0.3, 0.4) is 0 Å². The Morgan fingerprint density at radius 2 is 0.800 bits per heavy atom. The number of carbonyl (C=O) groups is 2. The van der Waals surface area contributed by atoms with Gasteiger partial charge in [0.05, 0.1) is 25.4 Å². The quantitative estimate of drug-likeness (QED) is 0.0322. The molecule has 60 heavy (non-hydrogen) atoms. The van der Waals surface area contributed by atoms with Gasteiger partial charge in [-0.25, -0.2) is 0 Å². The van der Waals surface area contributed by atoms with Crippen LogP contribution in [0.4, 0.5) is 0 Å². The standard InChI is InChI=1S/C54H103NO5/c1-3-5-7-9-11-13-15-16-17-18-19-20-23-27-30-34-38-42-46-52(57)51(50-56)55-53(58)47-43-39-35-31-28-24-21-22-25-29-33-37-41-45-49-60-54(59)48-44-40-36-32-26-14-12-10-8-6-4-2/h10,12,42,46,51-52,56-57H,3-9,11,13-41,43-45,47-50H2,1-2H3,(H,55,58)/b12-10-,46-42+. The van der Waals surface area contributed by atoms with Crippen molar-refractivity contribution in [1.29, 1.82) is 0 Å². The molecule has 0 fully saturated rings. The van der Waals surface area contributed by atoms with Gasteiger partial charge in [0.25, 0.3) is 0 Å². The van der Waals surface area contributed by atoms with E-state index in [1.54, 1.807) is 6.08 Å². The summed E-state index contributed by atoms with van der Waals surface area (Å²) >= 11 is 0. The van der Waals surface area contributed by atoms with Crippen molar-refractivity contribution in [3.05, 3.63) is 24.3 Å². The average molecular weight is 846 g/mol. The van der Waals surface area contributed by atoms with Crippen LogP contribution in [-0.2, 0) is 14.3 Å². The molecule has 0 aromatic heterocycles. The minimum Gasteiger partial charge on any atom is -0.466 e. The lowest BCUT2D eigenvalue weighted by Gasteiger charge is -2.20. The number of aliphatic hydroxyl groups excluding tert-OH is 2. The molecule has 0 saturated heterocycles. The Hall–Kier alpha value is -1.66. The van der Waals surface area contributed by atoms with Crippen LogP contribution in [0.15, 0.2) is 24.3 Å². The predicted molar refractivity (Wildman–Crippen MR) is 260 cm³/mol. The fourth-order valence-corrected chi connectivity index (χ4v) is 8.08. The summed E-state index contributed by atoms with van der Waals surface area (Å²) in [7, 11) is 0. The molecule has 0 aliphatic rings. The fourth-order valence-electron chi connectivity index (χ4n) is 8.08. The van der Waals surface area contributed by atoms with Crippen LogP contribution in [0.2, 0.25) is 0 Å². The maximum atomic E-state index is 12.4. The Morgan fingerprint density at radius 1 is 0.450 bits per heavy atom. The number of rotatable bonds is 49. The first-order valence-corrected chi connectivity index (χ1v) is 26.6. The van der Waals surface area contributed by atoms with Gasteiger partial charge in [0.1, 0.15) is 0 Å².